The second-order valence-corrected chi connectivity index (χ2v) is 5.53. The Morgan fingerprint density at radius 3 is 1.69 bits per heavy atom. The summed E-state index contributed by atoms with van der Waals surface area (Å²) in [5, 5.41) is 0. The molecule has 2 heterocycles. The van der Waals surface area contributed by atoms with Crippen molar-refractivity contribution in [3.63, 3.8) is 0 Å². The number of hydrogen-bond acceptors (Lipinski definition) is 2. The highest BCUT2D eigenvalue weighted by Gasteiger charge is 2.49. The molecule has 74 valence electrons. The van der Waals surface area contributed by atoms with Crippen molar-refractivity contribution in [2.45, 2.75) is 6.42 Å². The van der Waals surface area contributed by atoms with Crippen molar-refractivity contribution in [2.24, 2.45) is 23.7 Å². The average molecular weight is 180 g/mol. The zero-order valence-electron chi connectivity index (χ0n) is 8.74. The summed E-state index contributed by atoms with van der Waals surface area (Å²) in [4.78, 5) is 5.06. The van der Waals surface area contributed by atoms with Crippen LogP contribution in [0.1, 0.15) is 6.42 Å². The van der Waals surface area contributed by atoms with Gasteiger partial charge in [-0.05, 0) is 44.2 Å². The van der Waals surface area contributed by atoms with E-state index in [4.69, 9.17) is 0 Å². The Bertz CT molecular complexity index is 194. The van der Waals surface area contributed by atoms with Gasteiger partial charge in [-0.1, -0.05) is 0 Å². The quantitative estimate of drug-likeness (QED) is 0.543. The second-order valence-electron chi connectivity index (χ2n) is 5.53. The molecule has 1 aliphatic carbocycles. The van der Waals surface area contributed by atoms with Crippen molar-refractivity contribution in [2.75, 3.05) is 40.3 Å². The van der Waals surface area contributed by atoms with Crippen molar-refractivity contribution in [1.29, 1.82) is 0 Å². The molecular formula is C11H20N2. The molecule has 3 fully saturated rings. The van der Waals surface area contributed by atoms with Gasteiger partial charge in [-0.15, -0.1) is 0 Å². The van der Waals surface area contributed by atoms with Crippen LogP contribution in [0.3, 0.4) is 0 Å². The Morgan fingerprint density at radius 2 is 1.23 bits per heavy atom. The molecule has 3 aliphatic rings. The lowest BCUT2D eigenvalue weighted by molar-refractivity contribution is 0.306. The first kappa shape index (κ1) is 8.25. The Kier molecular flexibility index (Phi) is 1.72. The topological polar surface area (TPSA) is 6.48 Å². The van der Waals surface area contributed by atoms with Gasteiger partial charge in [-0.3, -0.25) is 0 Å². The molecule has 3 rings (SSSR count). The van der Waals surface area contributed by atoms with Crippen LogP contribution < -0.4 is 0 Å². The van der Waals surface area contributed by atoms with Crippen LogP contribution in [0, 0.1) is 23.7 Å². The van der Waals surface area contributed by atoms with Gasteiger partial charge in [0.1, 0.15) is 0 Å². The van der Waals surface area contributed by atoms with E-state index < -0.39 is 0 Å². The third-order valence-corrected chi connectivity index (χ3v) is 4.50. The third-order valence-electron chi connectivity index (χ3n) is 4.50. The highest BCUT2D eigenvalue weighted by atomic mass is 15.2. The van der Waals surface area contributed by atoms with Gasteiger partial charge in [0.15, 0.2) is 0 Å². The van der Waals surface area contributed by atoms with E-state index >= 15 is 0 Å². The van der Waals surface area contributed by atoms with E-state index in [2.05, 4.69) is 23.9 Å². The lowest BCUT2D eigenvalue weighted by Crippen LogP contribution is -2.23. The first-order valence-electron chi connectivity index (χ1n) is 5.61. The highest BCUT2D eigenvalue weighted by molar-refractivity contribution is 5.01. The Morgan fingerprint density at radius 1 is 0.769 bits per heavy atom. The maximum absolute atomic E-state index is 2.53. The summed E-state index contributed by atoms with van der Waals surface area (Å²) >= 11 is 0. The summed E-state index contributed by atoms with van der Waals surface area (Å²) in [7, 11) is 4.57. The normalized spacial score (nSPS) is 51.2. The highest BCUT2D eigenvalue weighted by Crippen LogP contribution is 2.48. The third kappa shape index (κ3) is 1.15. The van der Waals surface area contributed by atoms with Gasteiger partial charge in [0.05, 0.1) is 0 Å². The molecule has 2 nitrogen and oxygen atoms in total. The van der Waals surface area contributed by atoms with E-state index in [9.17, 15) is 0 Å². The van der Waals surface area contributed by atoms with Crippen LogP contribution in [0.4, 0.5) is 0 Å². The van der Waals surface area contributed by atoms with E-state index in [0.717, 1.165) is 23.7 Å². The van der Waals surface area contributed by atoms with Gasteiger partial charge in [0, 0.05) is 26.2 Å². The Labute approximate surface area is 80.9 Å². The van der Waals surface area contributed by atoms with Crippen molar-refractivity contribution >= 4 is 0 Å². The molecule has 13 heavy (non-hydrogen) atoms. The van der Waals surface area contributed by atoms with Crippen LogP contribution in [0.15, 0.2) is 0 Å². The lowest BCUT2D eigenvalue weighted by Gasteiger charge is -2.17. The fourth-order valence-corrected chi connectivity index (χ4v) is 4.10. The van der Waals surface area contributed by atoms with E-state index in [1.165, 1.54) is 32.6 Å². The molecule has 0 bridgehead atoms. The van der Waals surface area contributed by atoms with Crippen LogP contribution in [0.25, 0.3) is 0 Å². The minimum Gasteiger partial charge on any atom is -0.306 e. The number of fused-ring (bicyclic) bond motifs is 3. The molecular weight excluding hydrogens is 160 g/mol. The monoisotopic (exact) mass is 180 g/mol. The molecule has 2 saturated heterocycles. The second kappa shape index (κ2) is 2.71. The van der Waals surface area contributed by atoms with Crippen LogP contribution in [0.5, 0.6) is 0 Å². The summed E-state index contributed by atoms with van der Waals surface area (Å²) < 4.78 is 0. The largest absolute Gasteiger partial charge is 0.306 e. The van der Waals surface area contributed by atoms with Gasteiger partial charge in [0.25, 0.3) is 0 Å². The fraction of sp³-hybridized carbons (Fsp3) is 1.00. The summed E-state index contributed by atoms with van der Waals surface area (Å²) in [5.74, 6) is 4.18. The summed E-state index contributed by atoms with van der Waals surface area (Å²) in [6, 6.07) is 0. The van der Waals surface area contributed by atoms with Crippen LogP contribution in [-0.4, -0.2) is 50.1 Å². The first-order valence-corrected chi connectivity index (χ1v) is 5.61. The van der Waals surface area contributed by atoms with Gasteiger partial charge < -0.3 is 9.80 Å². The van der Waals surface area contributed by atoms with Crippen molar-refractivity contribution < 1.29 is 0 Å². The van der Waals surface area contributed by atoms with E-state index in [0.29, 0.717) is 0 Å². The number of likely N-dealkylation sites (tertiary alicyclic amines) is 2. The van der Waals surface area contributed by atoms with Gasteiger partial charge in [0.2, 0.25) is 0 Å². The van der Waals surface area contributed by atoms with E-state index in [1.807, 2.05) is 0 Å². The van der Waals surface area contributed by atoms with Gasteiger partial charge in [-0.2, -0.15) is 0 Å². The molecule has 0 aromatic heterocycles. The smallest absolute Gasteiger partial charge is 0.00131 e. The molecule has 1 saturated carbocycles. The van der Waals surface area contributed by atoms with Crippen LogP contribution >= 0.6 is 0 Å². The average Bonchev–Trinajstić information content (AvgIpc) is 2.60. The lowest BCUT2D eigenvalue weighted by atomic mass is 9.91. The Hall–Kier alpha value is -0.0800. The number of hydrogen-bond donors (Lipinski definition) is 0. The molecule has 0 spiro atoms. The minimum absolute atomic E-state index is 1.04. The predicted octanol–water partition coefficient (Wildman–Crippen LogP) is 0.746. The minimum atomic E-state index is 1.04. The van der Waals surface area contributed by atoms with Crippen molar-refractivity contribution in [3.8, 4) is 0 Å². The molecule has 0 N–H and O–H groups in total. The number of nitrogens with zero attached hydrogens (tertiary/aromatic N) is 2. The maximum atomic E-state index is 2.53. The summed E-state index contributed by atoms with van der Waals surface area (Å²) in [5.41, 5.74) is 0. The predicted molar refractivity (Wildman–Crippen MR) is 53.6 cm³/mol. The molecule has 2 heteroatoms. The summed E-state index contributed by atoms with van der Waals surface area (Å²) in [6.07, 6.45) is 1.52. The molecule has 4 unspecified atom stereocenters. The zero-order valence-corrected chi connectivity index (χ0v) is 8.74. The first-order chi connectivity index (χ1) is 6.24. The van der Waals surface area contributed by atoms with E-state index in [1.54, 1.807) is 0 Å². The van der Waals surface area contributed by atoms with Gasteiger partial charge in [-0.25, -0.2) is 0 Å². The standard InChI is InChI=1S/C11H20N2/c1-12-4-8-3-9-5-13(2)7-11(9)10(8)6-12/h8-11H,3-7H2,1-2H3. The molecule has 0 radical (unpaired) electrons. The van der Waals surface area contributed by atoms with Crippen molar-refractivity contribution in [1.82, 2.24) is 9.80 Å². The molecule has 0 aromatic carbocycles. The van der Waals surface area contributed by atoms with Crippen LogP contribution in [0.2, 0.25) is 0 Å². The van der Waals surface area contributed by atoms with Crippen molar-refractivity contribution in [3.05, 3.63) is 0 Å². The van der Waals surface area contributed by atoms with Crippen LogP contribution in [-0.2, 0) is 0 Å². The van der Waals surface area contributed by atoms with E-state index in [-0.39, 0.29) is 0 Å². The van der Waals surface area contributed by atoms with Gasteiger partial charge >= 0.3 is 0 Å². The molecule has 2 aliphatic heterocycles. The Balaban J connectivity index is 1.77. The fourth-order valence-electron chi connectivity index (χ4n) is 4.10. The SMILES string of the molecule is CN1CC2CC3CN(C)CC3C2C1. The zero-order chi connectivity index (χ0) is 9.00. The molecule has 0 amide bonds. The number of rotatable bonds is 0. The molecule has 4 atom stereocenters. The maximum Gasteiger partial charge on any atom is 0.00131 e. The molecule has 0 aromatic rings. The summed E-state index contributed by atoms with van der Waals surface area (Å²) in [6.45, 7) is 5.50.